The Labute approximate surface area is 123 Å². The maximum atomic E-state index is 12.2. The van der Waals surface area contributed by atoms with Crippen molar-refractivity contribution >= 4 is 11.9 Å². The second-order valence-corrected chi connectivity index (χ2v) is 5.47. The third kappa shape index (κ3) is 3.58. The SMILES string of the molecule is C#CCCC1(CCC(=O)N2CCCC(O)C2C(=O)O)N=N1. The van der Waals surface area contributed by atoms with E-state index in [1.54, 1.807) is 0 Å². The van der Waals surface area contributed by atoms with Gasteiger partial charge in [-0.25, -0.2) is 4.79 Å². The Kier molecular flexibility index (Phi) is 4.58. The number of aliphatic hydroxyl groups excluding tert-OH is 1. The summed E-state index contributed by atoms with van der Waals surface area (Å²) in [4.78, 5) is 24.7. The molecule has 21 heavy (non-hydrogen) atoms. The topological polar surface area (TPSA) is 103 Å². The molecule has 0 saturated carbocycles. The van der Waals surface area contributed by atoms with Crippen molar-refractivity contribution in [2.24, 2.45) is 10.2 Å². The Morgan fingerprint density at radius 3 is 2.67 bits per heavy atom. The predicted octanol–water partition coefficient (Wildman–Crippen LogP) is 0.779. The molecule has 2 aliphatic rings. The van der Waals surface area contributed by atoms with Crippen molar-refractivity contribution in [1.29, 1.82) is 0 Å². The van der Waals surface area contributed by atoms with Gasteiger partial charge in [0.25, 0.3) is 0 Å². The maximum absolute atomic E-state index is 12.2. The number of piperidine rings is 1. The summed E-state index contributed by atoms with van der Waals surface area (Å²) in [6.07, 6.45) is 6.95. The first-order valence-electron chi connectivity index (χ1n) is 7.07. The van der Waals surface area contributed by atoms with Crippen LogP contribution in [-0.2, 0) is 9.59 Å². The molecular weight excluding hydrogens is 274 g/mol. The Morgan fingerprint density at radius 2 is 2.10 bits per heavy atom. The van der Waals surface area contributed by atoms with Crippen LogP contribution in [0.3, 0.4) is 0 Å². The van der Waals surface area contributed by atoms with Crippen molar-refractivity contribution in [3.8, 4) is 12.3 Å². The fraction of sp³-hybridized carbons (Fsp3) is 0.714. The van der Waals surface area contributed by atoms with Gasteiger partial charge in [0.15, 0.2) is 11.7 Å². The quantitative estimate of drug-likeness (QED) is 0.706. The van der Waals surface area contributed by atoms with Crippen LogP contribution in [0.5, 0.6) is 0 Å². The van der Waals surface area contributed by atoms with Crippen LogP contribution in [0.4, 0.5) is 0 Å². The van der Waals surface area contributed by atoms with Crippen LogP contribution in [0.25, 0.3) is 0 Å². The minimum absolute atomic E-state index is 0.161. The van der Waals surface area contributed by atoms with Gasteiger partial charge < -0.3 is 15.1 Å². The van der Waals surface area contributed by atoms with Crippen molar-refractivity contribution < 1.29 is 19.8 Å². The van der Waals surface area contributed by atoms with Gasteiger partial charge in [0.2, 0.25) is 5.91 Å². The average molecular weight is 293 g/mol. The van der Waals surface area contributed by atoms with E-state index in [0.29, 0.717) is 38.6 Å². The molecule has 114 valence electrons. The first kappa shape index (κ1) is 15.4. The number of aliphatic hydroxyl groups is 1. The largest absolute Gasteiger partial charge is 0.480 e. The van der Waals surface area contributed by atoms with Crippen LogP contribution in [0.2, 0.25) is 0 Å². The zero-order valence-electron chi connectivity index (χ0n) is 11.7. The molecule has 1 saturated heterocycles. The number of likely N-dealkylation sites (tertiary alicyclic amines) is 1. The van der Waals surface area contributed by atoms with E-state index in [1.807, 2.05) is 0 Å². The monoisotopic (exact) mass is 293 g/mol. The summed E-state index contributed by atoms with van der Waals surface area (Å²) in [6, 6.07) is -1.15. The molecule has 7 heteroatoms. The Morgan fingerprint density at radius 1 is 1.38 bits per heavy atom. The molecule has 7 nitrogen and oxygen atoms in total. The number of terminal acetylenes is 1. The summed E-state index contributed by atoms with van der Waals surface area (Å²) < 4.78 is 0. The summed E-state index contributed by atoms with van der Waals surface area (Å²) >= 11 is 0. The number of carbonyl (C=O) groups excluding carboxylic acids is 1. The number of amides is 1. The molecule has 0 bridgehead atoms. The fourth-order valence-electron chi connectivity index (χ4n) is 2.67. The average Bonchev–Trinajstić information content (AvgIpc) is 3.22. The van der Waals surface area contributed by atoms with E-state index < -0.39 is 23.8 Å². The van der Waals surface area contributed by atoms with Crippen LogP contribution >= 0.6 is 0 Å². The predicted molar refractivity (Wildman–Crippen MR) is 73.3 cm³/mol. The standard InChI is InChI=1S/C14H19N3O4/c1-2-3-7-14(15-16-14)8-6-11(19)17-9-4-5-10(18)12(17)13(20)21/h1,10,12,18H,3-9H2,(H,20,21). The van der Waals surface area contributed by atoms with Gasteiger partial charge in [-0.3, -0.25) is 4.79 Å². The maximum Gasteiger partial charge on any atom is 0.329 e. The van der Waals surface area contributed by atoms with Gasteiger partial charge in [0.1, 0.15) is 0 Å². The second-order valence-electron chi connectivity index (χ2n) is 5.47. The normalized spacial score (nSPS) is 26.2. The molecule has 0 aliphatic carbocycles. The minimum atomic E-state index is -1.17. The highest BCUT2D eigenvalue weighted by molar-refractivity contribution is 5.84. The molecule has 0 aromatic rings. The van der Waals surface area contributed by atoms with Crippen molar-refractivity contribution in [3.63, 3.8) is 0 Å². The van der Waals surface area contributed by atoms with Crippen LogP contribution in [-0.4, -0.2) is 51.3 Å². The molecule has 2 N–H and O–H groups in total. The first-order chi connectivity index (χ1) is 9.99. The van der Waals surface area contributed by atoms with Crippen LogP contribution in [0.15, 0.2) is 10.2 Å². The Hall–Kier alpha value is -1.94. The van der Waals surface area contributed by atoms with Gasteiger partial charge in [-0.1, -0.05) is 0 Å². The molecule has 2 unspecified atom stereocenters. The summed E-state index contributed by atoms with van der Waals surface area (Å²) in [7, 11) is 0. The summed E-state index contributed by atoms with van der Waals surface area (Å²) in [6.45, 7) is 0.360. The number of carbonyl (C=O) groups is 2. The fourth-order valence-corrected chi connectivity index (χ4v) is 2.67. The van der Waals surface area contributed by atoms with E-state index in [4.69, 9.17) is 6.42 Å². The Balaban J connectivity index is 1.90. The number of hydrogen-bond donors (Lipinski definition) is 2. The van der Waals surface area contributed by atoms with Crippen molar-refractivity contribution in [3.05, 3.63) is 0 Å². The molecule has 0 aromatic carbocycles. The minimum Gasteiger partial charge on any atom is -0.480 e. The van der Waals surface area contributed by atoms with Gasteiger partial charge in [0.05, 0.1) is 6.10 Å². The van der Waals surface area contributed by atoms with Gasteiger partial charge in [-0.2, -0.15) is 10.2 Å². The van der Waals surface area contributed by atoms with E-state index in [9.17, 15) is 19.8 Å². The summed E-state index contributed by atoms with van der Waals surface area (Å²) in [5, 5.41) is 26.9. The molecule has 0 radical (unpaired) electrons. The number of nitrogens with zero attached hydrogens (tertiary/aromatic N) is 3. The molecule has 2 heterocycles. The number of carboxylic acid groups (broad SMARTS) is 1. The van der Waals surface area contributed by atoms with Crippen LogP contribution < -0.4 is 0 Å². The van der Waals surface area contributed by atoms with Gasteiger partial charge in [-0.05, 0) is 12.8 Å². The second kappa shape index (κ2) is 6.22. The van der Waals surface area contributed by atoms with Crippen LogP contribution in [0, 0.1) is 12.3 Å². The van der Waals surface area contributed by atoms with E-state index in [2.05, 4.69) is 16.1 Å². The zero-order valence-corrected chi connectivity index (χ0v) is 11.7. The van der Waals surface area contributed by atoms with Crippen molar-refractivity contribution in [2.45, 2.75) is 56.3 Å². The lowest BCUT2D eigenvalue weighted by Gasteiger charge is -2.36. The number of carboxylic acids is 1. The summed E-state index contributed by atoms with van der Waals surface area (Å²) in [5.74, 6) is 1.07. The first-order valence-corrected chi connectivity index (χ1v) is 7.07. The molecule has 1 amide bonds. The molecule has 2 rings (SSSR count). The number of hydrogen-bond acceptors (Lipinski definition) is 5. The van der Waals surface area contributed by atoms with Gasteiger partial charge >= 0.3 is 5.97 Å². The molecule has 1 fully saturated rings. The zero-order chi connectivity index (χ0) is 15.5. The van der Waals surface area contributed by atoms with E-state index >= 15 is 0 Å². The highest BCUT2D eigenvalue weighted by Gasteiger charge is 2.42. The molecule has 2 aliphatic heterocycles. The van der Waals surface area contributed by atoms with Crippen LogP contribution in [0.1, 0.15) is 38.5 Å². The molecule has 0 aromatic heterocycles. The van der Waals surface area contributed by atoms with E-state index in [1.165, 1.54) is 4.90 Å². The van der Waals surface area contributed by atoms with Gasteiger partial charge in [0, 0.05) is 32.2 Å². The lowest BCUT2D eigenvalue weighted by atomic mass is 9.97. The van der Waals surface area contributed by atoms with Crippen molar-refractivity contribution in [1.82, 2.24) is 4.90 Å². The third-order valence-corrected chi connectivity index (χ3v) is 3.96. The van der Waals surface area contributed by atoms with Crippen molar-refractivity contribution in [2.75, 3.05) is 6.54 Å². The molecule has 0 spiro atoms. The molecular formula is C14H19N3O4. The van der Waals surface area contributed by atoms with E-state index in [-0.39, 0.29) is 12.3 Å². The highest BCUT2D eigenvalue weighted by atomic mass is 16.4. The smallest absolute Gasteiger partial charge is 0.329 e. The number of aliphatic carboxylic acids is 1. The highest BCUT2D eigenvalue weighted by Crippen LogP contribution is 2.38. The lowest BCUT2D eigenvalue weighted by Crippen LogP contribution is -2.55. The molecule has 2 atom stereocenters. The van der Waals surface area contributed by atoms with E-state index in [0.717, 1.165) is 0 Å². The van der Waals surface area contributed by atoms with Gasteiger partial charge in [-0.15, -0.1) is 12.3 Å². The number of rotatable bonds is 6. The third-order valence-electron chi connectivity index (χ3n) is 3.96. The Bertz CT molecular complexity index is 491. The lowest BCUT2D eigenvalue weighted by molar-refractivity contribution is -0.158. The summed E-state index contributed by atoms with van der Waals surface area (Å²) in [5.41, 5.74) is -0.546.